The predicted octanol–water partition coefficient (Wildman–Crippen LogP) is 1.46. The van der Waals surface area contributed by atoms with Crippen LogP contribution in [0.25, 0.3) is 5.69 Å². The smallest absolute Gasteiger partial charge is 0.352 e. The first-order valence-corrected chi connectivity index (χ1v) is 8.49. The fourth-order valence-corrected chi connectivity index (χ4v) is 2.67. The van der Waals surface area contributed by atoms with Crippen molar-refractivity contribution in [2.45, 2.75) is 27.3 Å². The molecule has 0 saturated heterocycles. The molecule has 2 rings (SSSR count). The summed E-state index contributed by atoms with van der Waals surface area (Å²) in [5.74, 6) is -0.716. The van der Waals surface area contributed by atoms with Gasteiger partial charge in [-0.3, -0.25) is 9.69 Å². The van der Waals surface area contributed by atoms with Crippen LogP contribution in [0.5, 0.6) is 5.75 Å². The molecule has 2 N–H and O–H groups in total. The minimum atomic E-state index is -1.33. The first kappa shape index (κ1) is 19.5. The van der Waals surface area contributed by atoms with Gasteiger partial charge in [-0.15, -0.1) is 0 Å². The van der Waals surface area contributed by atoms with Gasteiger partial charge >= 0.3 is 11.7 Å². The zero-order chi connectivity index (χ0) is 19.3. The van der Waals surface area contributed by atoms with Crippen molar-refractivity contribution in [1.29, 1.82) is 0 Å². The number of hydrogen-bond acceptors (Lipinski definition) is 5. The maximum Gasteiger partial charge on any atom is 0.352 e. The van der Waals surface area contributed by atoms with Crippen LogP contribution in [-0.2, 0) is 6.54 Å². The molecule has 8 nitrogen and oxygen atoms in total. The number of benzene rings is 1. The summed E-state index contributed by atoms with van der Waals surface area (Å²) < 4.78 is 6.30. The minimum Gasteiger partial charge on any atom is -0.494 e. The van der Waals surface area contributed by atoms with Crippen molar-refractivity contribution in [3.05, 3.63) is 56.4 Å². The highest BCUT2D eigenvalue weighted by atomic mass is 16.5. The molecular formula is C18H23N3O5. The van der Waals surface area contributed by atoms with E-state index in [9.17, 15) is 19.5 Å². The Hall–Kier alpha value is -2.87. The van der Waals surface area contributed by atoms with Crippen LogP contribution in [0.1, 0.15) is 36.8 Å². The number of aromatic carboxylic acids is 1. The van der Waals surface area contributed by atoms with E-state index in [-0.39, 0.29) is 17.8 Å². The van der Waals surface area contributed by atoms with E-state index in [1.54, 1.807) is 24.3 Å². The lowest BCUT2D eigenvalue weighted by Crippen LogP contribution is -2.40. The highest BCUT2D eigenvalue weighted by Crippen LogP contribution is 2.14. The van der Waals surface area contributed by atoms with Gasteiger partial charge < -0.3 is 14.8 Å². The van der Waals surface area contributed by atoms with Crippen molar-refractivity contribution >= 4 is 5.97 Å². The Morgan fingerprint density at radius 3 is 2.27 bits per heavy atom. The number of nitrogens with zero attached hydrogens (tertiary/aromatic N) is 2. The quantitative estimate of drug-likeness (QED) is 0.738. The first-order valence-electron chi connectivity index (χ1n) is 8.49. The average Bonchev–Trinajstić information content (AvgIpc) is 2.62. The van der Waals surface area contributed by atoms with Gasteiger partial charge in [-0.05, 0) is 44.3 Å². The monoisotopic (exact) mass is 361 g/mol. The molecule has 2 aromatic rings. The molecular weight excluding hydrogens is 338 g/mol. The molecule has 0 saturated carbocycles. The number of nitrogens with one attached hydrogen (secondary N) is 1. The van der Waals surface area contributed by atoms with Crippen molar-refractivity contribution in [2.75, 3.05) is 19.7 Å². The van der Waals surface area contributed by atoms with Crippen LogP contribution in [0.3, 0.4) is 0 Å². The molecule has 1 heterocycles. The maximum absolute atomic E-state index is 12.9. The molecule has 0 amide bonds. The predicted molar refractivity (Wildman–Crippen MR) is 97.4 cm³/mol. The second kappa shape index (κ2) is 8.48. The summed E-state index contributed by atoms with van der Waals surface area (Å²) in [4.78, 5) is 41.0. The fraction of sp³-hybridized carbons (Fsp3) is 0.389. The van der Waals surface area contributed by atoms with E-state index in [1.165, 1.54) is 0 Å². The number of aromatic amines is 1. The Labute approximate surface area is 150 Å². The lowest BCUT2D eigenvalue weighted by molar-refractivity contribution is 0.0686. The molecule has 0 spiro atoms. The van der Waals surface area contributed by atoms with Gasteiger partial charge in [0.15, 0.2) is 0 Å². The molecule has 0 aliphatic rings. The number of carboxylic acid groups (broad SMARTS) is 1. The minimum absolute atomic E-state index is 0.0506. The second-order valence-corrected chi connectivity index (χ2v) is 5.62. The molecule has 0 unspecified atom stereocenters. The third-order valence-corrected chi connectivity index (χ3v) is 4.09. The summed E-state index contributed by atoms with van der Waals surface area (Å²) in [6.45, 7) is 7.63. The Morgan fingerprint density at radius 2 is 1.77 bits per heavy atom. The number of ether oxygens (including phenoxy) is 1. The van der Waals surface area contributed by atoms with Crippen LogP contribution in [0.15, 0.2) is 33.9 Å². The van der Waals surface area contributed by atoms with Crippen LogP contribution < -0.4 is 16.0 Å². The molecule has 0 radical (unpaired) electrons. The molecule has 0 fully saturated rings. The van der Waals surface area contributed by atoms with Gasteiger partial charge in [-0.25, -0.2) is 14.2 Å². The zero-order valence-corrected chi connectivity index (χ0v) is 15.1. The number of carboxylic acids is 1. The van der Waals surface area contributed by atoms with Gasteiger partial charge in [0, 0.05) is 6.54 Å². The van der Waals surface area contributed by atoms with Crippen molar-refractivity contribution < 1.29 is 14.6 Å². The Bertz CT molecular complexity index is 879. The van der Waals surface area contributed by atoms with Gasteiger partial charge in [-0.1, -0.05) is 13.8 Å². The van der Waals surface area contributed by atoms with Crippen molar-refractivity contribution in [1.82, 2.24) is 14.5 Å². The Kier molecular flexibility index (Phi) is 6.35. The summed E-state index contributed by atoms with van der Waals surface area (Å²) in [5.41, 5.74) is -1.40. The molecule has 0 aliphatic carbocycles. The Balaban J connectivity index is 2.62. The van der Waals surface area contributed by atoms with Crippen molar-refractivity contribution in [2.24, 2.45) is 0 Å². The van der Waals surface area contributed by atoms with Gasteiger partial charge in [0.2, 0.25) is 0 Å². The Morgan fingerprint density at radius 1 is 1.15 bits per heavy atom. The third-order valence-electron chi connectivity index (χ3n) is 4.09. The highest BCUT2D eigenvalue weighted by Gasteiger charge is 2.21. The number of rotatable bonds is 8. The molecule has 8 heteroatoms. The standard InChI is InChI=1S/C18H23N3O5/c1-4-20(5-2)11-14-15(17(23)24)19-18(25)21(16(14)22)12-7-9-13(10-8-12)26-6-3/h7-10H,4-6,11H2,1-3H3,(H,19,25)(H,23,24). The number of aromatic nitrogens is 2. The summed E-state index contributed by atoms with van der Waals surface area (Å²) in [6, 6.07) is 6.48. The molecule has 0 bridgehead atoms. The largest absolute Gasteiger partial charge is 0.494 e. The number of H-pyrrole nitrogens is 1. The maximum atomic E-state index is 12.9. The fourth-order valence-electron chi connectivity index (χ4n) is 2.67. The van der Waals surface area contributed by atoms with Crippen LogP contribution in [0.2, 0.25) is 0 Å². The molecule has 140 valence electrons. The molecule has 1 aromatic carbocycles. The van der Waals surface area contributed by atoms with E-state index in [0.717, 1.165) is 4.57 Å². The lowest BCUT2D eigenvalue weighted by atomic mass is 10.2. The third kappa shape index (κ3) is 4.02. The molecule has 26 heavy (non-hydrogen) atoms. The number of carbonyl (C=O) groups is 1. The summed E-state index contributed by atoms with van der Waals surface area (Å²) in [6.07, 6.45) is 0. The summed E-state index contributed by atoms with van der Waals surface area (Å²) in [7, 11) is 0. The van der Waals surface area contributed by atoms with Crippen LogP contribution >= 0.6 is 0 Å². The highest BCUT2D eigenvalue weighted by molar-refractivity contribution is 5.86. The van der Waals surface area contributed by atoms with E-state index in [0.29, 0.717) is 31.1 Å². The topological polar surface area (TPSA) is 105 Å². The second-order valence-electron chi connectivity index (χ2n) is 5.62. The van der Waals surface area contributed by atoms with Crippen LogP contribution in [0.4, 0.5) is 0 Å². The van der Waals surface area contributed by atoms with E-state index in [2.05, 4.69) is 4.98 Å². The summed E-state index contributed by atoms with van der Waals surface area (Å²) in [5, 5.41) is 9.38. The molecule has 1 aromatic heterocycles. The van der Waals surface area contributed by atoms with Gasteiger partial charge in [0.1, 0.15) is 11.4 Å². The SMILES string of the molecule is CCOc1ccc(-n2c(=O)[nH]c(C(=O)O)c(CN(CC)CC)c2=O)cc1. The van der Waals surface area contributed by atoms with E-state index < -0.39 is 17.2 Å². The van der Waals surface area contributed by atoms with Gasteiger partial charge in [0.05, 0.1) is 17.9 Å². The van der Waals surface area contributed by atoms with Gasteiger partial charge in [0.25, 0.3) is 5.56 Å². The van der Waals surface area contributed by atoms with Crippen molar-refractivity contribution in [3.8, 4) is 11.4 Å². The lowest BCUT2D eigenvalue weighted by Gasteiger charge is -2.19. The average molecular weight is 361 g/mol. The molecule has 0 atom stereocenters. The first-order chi connectivity index (χ1) is 12.4. The van der Waals surface area contributed by atoms with Crippen molar-refractivity contribution in [3.63, 3.8) is 0 Å². The van der Waals surface area contributed by atoms with E-state index >= 15 is 0 Å². The van der Waals surface area contributed by atoms with Crippen LogP contribution in [-0.4, -0.2) is 45.2 Å². The van der Waals surface area contributed by atoms with Gasteiger partial charge in [-0.2, -0.15) is 0 Å². The summed E-state index contributed by atoms with van der Waals surface area (Å²) >= 11 is 0. The number of hydrogen-bond donors (Lipinski definition) is 2. The normalized spacial score (nSPS) is 10.9. The van der Waals surface area contributed by atoms with E-state index in [4.69, 9.17) is 4.74 Å². The van der Waals surface area contributed by atoms with Crippen LogP contribution in [0, 0.1) is 0 Å². The zero-order valence-electron chi connectivity index (χ0n) is 15.1. The molecule has 0 aliphatic heterocycles. The van der Waals surface area contributed by atoms with E-state index in [1.807, 2.05) is 25.7 Å².